The first-order valence-corrected chi connectivity index (χ1v) is 7.09. The molecule has 5 atom stereocenters. The molecular formula is C13H21N5. The number of nitrogens with two attached hydrogens (primary N) is 1. The molecule has 0 saturated heterocycles. The zero-order valence-corrected chi connectivity index (χ0v) is 10.8. The smallest absolute Gasteiger partial charge is 0.0843 e. The summed E-state index contributed by atoms with van der Waals surface area (Å²) in [6.07, 6.45) is 7.34. The zero-order valence-electron chi connectivity index (χ0n) is 10.8. The molecule has 18 heavy (non-hydrogen) atoms. The Morgan fingerprint density at radius 3 is 2.72 bits per heavy atom. The van der Waals surface area contributed by atoms with Crippen LogP contribution in [-0.2, 0) is 13.5 Å². The van der Waals surface area contributed by atoms with Gasteiger partial charge in [0.05, 0.1) is 5.69 Å². The van der Waals surface area contributed by atoms with Gasteiger partial charge in [0, 0.05) is 25.7 Å². The fraction of sp³-hybridized carbons (Fsp3) is 0.846. The molecule has 0 aliphatic heterocycles. The fourth-order valence-electron chi connectivity index (χ4n) is 4.95. The summed E-state index contributed by atoms with van der Waals surface area (Å²) in [5, 5.41) is 8.17. The van der Waals surface area contributed by atoms with Crippen LogP contribution in [0.25, 0.3) is 0 Å². The van der Waals surface area contributed by atoms with Crippen molar-refractivity contribution in [1.82, 2.24) is 20.4 Å². The van der Waals surface area contributed by atoms with Crippen LogP contribution >= 0.6 is 0 Å². The third-order valence-corrected chi connectivity index (χ3v) is 5.55. The first kappa shape index (κ1) is 10.9. The summed E-state index contributed by atoms with van der Waals surface area (Å²) in [6.45, 7) is 0. The van der Waals surface area contributed by atoms with Crippen molar-refractivity contribution in [3.05, 3.63) is 11.9 Å². The predicted octanol–water partition coefficient (Wildman–Crippen LogP) is 0.482. The molecule has 0 radical (unpaired) electrons. The van der Waals surface area contributed by atoms with Crippen molar-refractivity contribution in [2.45, 2.75) is 31.7 Å². The van der Waals surface area contributed by atoms with Crippen LogP contribution in [0.2, 0.25) is 0 Å². The van der Waals surface area contributed by atoms with E-state index < -0.39 is 0 Å². The summed E-state index contributed by atoms with van der Waals surface area (Å²) in [5.74, 6) is 10.5. The van der Waals surface area contributed by atoms with Gasteiger partial charge in [-0.15, -0.1) is 5.10 Å². The molecule has 5 unspecified atom stereocenters. The monoisotopic (exact) mass is 247 g/mol. The van der Waals surface area contributed by atoms with E-state index in [-0.39, 0.29) is 0 Å². The van der Waals surface area contributed by atoms with Gasteiger partial charge in [-0.2, -0.15) is 0 Å². The van der Waals surface area contributed by atoms with Gasteiger partial charge in [0.25, 0.3) is 0 Å². The van der Waals surface area contributed by atoms with E-state index in [1.54, 1.807) is 4.68 Å². The molecule has 98 valence electrons. The summed E-state index contributed by atoms with van der Waals surface area (Å²) < 4.78 is 1.76. The summed E-state index contributed by atoms with van der Waals surface area (Å²) in [6, 6.07) is 0.389. The van der Waals surface area contributed by atoms with Crippen molar-refractivity contribution in [2.24, 2.45) is 42.5 Å². The first-order valence-electron chi connectivity index (χ1n) is 7.09. The van der Waals surface area contributed by atoms with Gasteiger partial charge in [-0.05, 0) is 48.9 Å². The molecule has 2 bridgehead atoms. The van der Waals surface area contributed by atoms with Gasteiger partial charge in [-0.3, -0.25) is 16.0 Å². The highest BCUT2D eigenvalue weighted by molar-refractivity contribution is 5.16. The van der Waals surface area contributed by atoms with Crippen molar-refractivity contribution in [3.63, 3.8) is 0 Å². The second-order valence-electron chi connectivity index (χ2n) is 6.43. The maximum Gasteiger partial charge on any atom is 0.0843 e. The van der Waals surface area contributed by atoms with Crippen LogP contribution in [0.1, 0.15) is 25.0 Å². The van der Waals surface area contributed by atoms with Gasteiger partial charge in [0.15, 0.2) is 0 Å². The highest BCUT2D eigenvalue weighted by atomic mass is 15.4. The Morgan fingerprint density at radius 2 is 2.17 bits per heavy atom. The lowest BCUT2D eigenvalue weighted by molar-refractivity contribution is 0.363. The molecule has 3 fully saturated rings. The Morgan fingerprint density at radius 1 is 1.44 bits per heavy atom. The number of hydrazine groups is 1. The lowest BCUT2D eigenvalue weighted by Gasteiger charge is -2.18. The van der Waals surface area contributed by atoms with E-state index in [0.29, 0.717) is 6.04 Å². The molecule has 5 heteroatoms. The molecule has 3 aliphatic rings. The minimum atomic E-state index is 0.389. The van der Waals surface area contributed by atoms with Gasteiger partial charge in [-0.25, -0.2) is 0 Å². The van der Waals surface area contributed by atoms with Crippen LogP contribution in [0, 0.1) is 29.6 Å². The number of hydrogen-bond donors (Lipinski definition) is 2. The number of fused-ring (bicyclic) bond motifs is 5. The van der Waals surface area contributed by atoms with E-state index >= 15 is 0 Å². The third kappa shape index (κ3) is 1.47. The van der Waals surface area contributed by atoms with Crippen molar-refractivity contribution in [2.75, 3.05) is 0 Å². The van der Waals surface area contributed by atoms with E-state index in [1.165, 1.54) is 19.3 Å². The van der Waals surface area contributed by atoms with Crippen molar-refractivity contribution >= 4 is 0 Å². The number of nitrogens with one attached hydrogen (secondary N) is 1. The van der Waals surface area contributed by atoms with Gasteiger partial charge >= 0.3 is 0 Å². The average molecular weight is 247 g/mol. The Balaban J connectivity index is 1.47. The van der Waals surface area contributed by atoms with E-state index in [0.717, 1.165) is 41.7 Å². The number of aryl methyl sites for hydroxylation is 1. The zero-order chi connectivity index (χ0) is 12.3. The summed E-state index contributed by atoms with van der Waals surface area (Å²) in [7, 11) is 1.91. The van der Waals surface area contributed by atoms with Crippen LogP contribution in [-0.4, -0.2) is 21.0 Å². The summed E-state index contributed by atoms with van der Waals surface area (Å²) in [4.78, 5) is 0. The second-order valence-corrected chi connectivity index (χ2v) is 6.43. The van der Waals surface area contributed by atoms with Gasteiger partial charge in [0.1, 0.15) is 0 Å². The molecule has 0 aromatic carbocycles. The average Bonchev–Trinajstić information content (AvgIpc) is 2.71. The lowest BCUT2D eigenvalue weighted by atomic mass is 9.95. The topological polar surface area (TPSA) is 68.8 Å². The normalized spacial score (nSPS) is 42.0. The molecule has 1 heterocycles. The van der Waals surface area contributed by atoms with Crippen LogP contribution in [0.15, 0.2) is 6.20 Å². The standard InChI is InChI=1S/C13H21N5/c1-18-6-9(16-17-18)5-10(15-14)13-11-7-2-3-8(4-7)12(11)13/h6-8,10-13,15H,2-5,14H2,1H3. The van der Waals surface area contributed by atoms with E-state index in [1.807, 2.05) is 13.2 Å². The fourth-order valence-corrected chi connectivity index (χ4v) is 4.95. The summed E-state index contributed by atoms with van der Waals surface area (Å²) >= 11 is 0. The minimum Gasteiger partial charge on any atom is -0.271 e. The molecule has 3 aliphatic carbocycles. The molecule has 3 saturated carbocycles. The number of rotatable bonds is 4. The predicted molar refractivity (Wildman–Crippen MR) is 67.1 cm³/mol. The number of nitrogens with zero attached hydrogens (tertiary/aromatic N) is 3. The van der Waals surface area contributed by atoms with Crippen LogP contribution in [0.5, 0.6) is 0 Å². The quantitative estimate of drug-likeness (QED) is 0.600. The third-order valence-electron chi connectivity index (χ3n) is 5.55. The Kier molecular flexibility index (Phi) is 2.29. The van der Waals surface area contributed by atoms with Crippen molar-refractivity contribution in [3.8, 4) is 0 Å². The number of aromatic nitrogens is 3. The molecule has 1 aromatic rings. The Hall–Kier alpha value is -0.940. The van der Waals surface area contributed by atoms with Crippen LogP contribution in [0.3, 0.4) is 0 Å². The molecule has 4 rings (SSSR count). The maximum absolute atomic E-state index is 5.78. The SMILES string of the molecule is Cn1cc(CC(NN)C2C3C4CCC(C4)C32)nn1. The van der Waals surface area contributed by atoms with E-state index in [4.69, 9.17) is 5.84 Å². The molecular weight excluding hydrogens is 226 g/mol. The van der Waals surface area contributed by atoms with E-state index in [2.05, 4.69) is 15.7 Å². The van der Waals surface area contributed by atoms with Gasteiger partial charge in [-0.1, -0.05) is 5.21 Å². The van der Waals surface area contributed by atoms with Crippen LogP contribution in [0.4, 0.5) is 0 Å². The van der Waals surface area contributed by atoms with E-state index in [9.17, 15) is 0 Å². The Bertz CT molecular complexity index is 440. The van der Waals surface area contributed by atoms with Crippen molar-refractivity contribution in [1.29, 1.82) is 0 Å². The summed E-state index contributed by atoms with van der Waals surface area (Å²) in [5.41, 5.74) is 4.10. The second kappa shape index (κ2) is 3.78. The number of hydrogen-bond acceptors (Lipinski definition) is 4. The molecule has 3 N–H and O–H groups in total. The van der Waals surface area contributed by atoms with Gasteiger partial charge < -0.3 is 0 Å². The molecule has 5 nitrogen and oxygen atoms in total. The molecule has 1 aromatic heterocycles. The largest absolute Gasteiger partial charge is 0.271 e. The highest BCUT2D eigenvalue weighted by Gasteiger charge is 2.66. The highest BCUT2D eigenvalue weighted by Crippen LogP contribution is 2.70. The maximum atomic E-state index is 5.78. The van der Waals surface area contributed by atoms with Crippen LogP contribution < -0.4 is 11.3 Å². The lowest BCUT2D eigenvalue weighted by Crippen LogP contribution is -2.40. The Labute approximate surface area is 107 Å². The molecule has 0 amide bonds. The first-order chi connectivity index (χ1) is 8.78. The minimum absolute atomic E-state index is 0.389. The van der Waals surface area contributed by atoms with Crippen molar-refractivity contribution < 1.29 is 0 Å². The van der Waals surface area contributed by atoms with Gasteiger partial charge in [0.2, 0.25) is 0 Å². The molecule has 0 spiro atoms.